The van der Waals surface area contributed by atoms with Crippen LogP contribution in [0.1, 0.15) is 31.9 Å². The zero-order valence-corrected chi connectivity index (χ0v) is 20.9. The van der Waals surface area contributed by atoms with Crippen molar-refractivity contribution in [2.45, 2.75) is 46.3 Å². The smallest absolute Gasteiger partial charge is 0.244 e. The molecule has 0 bridgehead atoms. The molecule has 0 saturated carbocycles. The standard InChI is InChI=1S/C24H31N3O6S/c1-16(2)25-24(29)18(4)26(13-19-8-6-7-17(3)11-19)23(28)14-27(34(5,30)31)20-9-10-21-22(12-20)33-15-32-21/h6-12,16,18H,13-15H2,1-5H3,(H,25,29)/t18-/m0/s1. The zero-order valence-electron chi connectivity index (χ0n) is 20.1. The number of anilines is 1. The van der Waals surface area contributed by atoms with E-state index < -0.39 is 28.5 Å². The minimum Gasteiger partial charge on any atom is -0.454 e. The van der Waals surface area contributed by atoms with Gasteiger partial charge in [0.05, 0.1) is 11.9 Å². The van der Waals surface area contributed by atoms with Crippen molar-refractivity contribution in [3.05, 3.63) is 53.6 Å². The Hall–Kier alpha value is -3.27. The molecule has 0 radical (unpaired) electrons. The highest BCUT2D eigenvalue weighted by atomic mass is 32.2. The van der Waals surface area contributed by atoms with E-state index in [9.17, 15) is 18.0 Å². The Morgan fingerprint density at radius 3 is 2.41 bits per heavy atom. The summed E-state index contributed by atoms with van der Waals surface area (Å²) in [4.78, 5) is 27.7. The minimum absolute atomic E-state index is 0.0450. The molecular formula is C24H31N3O6S. The SMILES string of the molecule is Cc1cccc(CN(C(=O)CN(c2ccc3c(c2)OCO3)S(C)(=O)=O)[C@@H](C)C(=O)NC(C)C)c1. The number of benzene rings is 2. The summed E-state index contributed by atoms with van der Waals surface area (Å²) < 4.78 is 37.0. The van der Waals surface area contributed by atoms with Crippen LogP contribution < -0.4 is 19.1 Å². The molecule has 34 heavy (non-hydrogen) atoms. The quantitative estimate of drug-likeness (QED) is 0.580. The van der Waals surface area contributed by atoms with E-state index in [1.165, 1.54) is 11.0 Å². The molecule has 0 fully saturated rings. The van der Waals surface area contributed by atoms with Crippen LogP contribution in [0.5, 0.6) is 11.5 Å². The highest BCUT2D eigenvalue weighted by Crippen LogP contribution is 2.36. The van der Waals surface area contributed by atoms with Crippen LogP contribution in [0, 0.1) is 6.92 Å². The van der Waals surface area contributed by atoms with E-state index in [2.05, 4.69) is 5.32 Å². The highest BCUT2D eigenvalue weighted by Gasteiger charge is 2.31. The second-order valence-corrected chi connectivity index (χ2v) is 10.6. The molecule has 3 rings (SSSR count). The fourth-order valence-corrected chi connectivity index (χ4v) is 4.49. The molecular weight excluding hydrogens is 458 g/mol. The van der Waals surface area contributed by atoms with E-state index in [1.54, 1.807) is 19.1 Å². The predicted molar refractivity (Wildman–Crippen MR) is 129 cm³/mol. The molecule has 0 saturated heterocycles. The second kappa shape index (κ2) is 10.3. The molecule has 1 N–H and O–H groups in total. The number of rotatable bonds is 9. The van der Waals surface area contributed by atoms with Gasteiger partial charge in [0.1, 0.15) is 12.6 Å². The van der Waals surface area contributed by atoms with Crippen molar-refractivity contribution in [3.63, 3.8) is 0 Å². The van der Waals surface area contributed by atoms with Crippen LogP contribution in [0.2, 0.25) is 0 Å². The van der Waals surface area contributed by atoms with Crippen molar-refractivity contribution in [2.75, 3.05) is 23.9 Å². The van der Waals surface area contributed by atoms with Crippen molar-refractivity contribution in [1.29, 1.82) is 0 Å². The lowest BCUT2D eigenvalue weighted by Gasteiger charge is -2.32. The second-order valence-electron chi connectivity index (χ2n) is 8.66. The Morgan fingerprint density at radius 2 is 1.76 bits per heavy atom. The summed E-state index contributed by atoms with van der Waals surface area (Å²) in [6, 6.07) is 11.4. The van der Waals surface area contributed by atoms with Crippen molar-refractivity contribution in [2.24, 2.45) is 0 Å². The number of aryl methyl sites for hydroxylation is 1. The van der Waals surface area contributed by atoms with Crippen LogP contribution in [-0.2, 0) is 26.2 Å². The minimum atomic E-state index is -3.82. The van der Waals surface area contributed by atoms with Gasteiger partial charge in [-0.05, 0) is 45.4 Å². The molecule has 0 aromatic heterocycles. The zero-order chi connectivity index (χ0) is 25.0. The van der Waals surface area contributed by atoms with Gasteiger partial charge >= 0.3 is 0 Å². The monoisotopic (exact) mass is 489 g/mol. The van der Waals surface area contributed by atoms with E-state index in [1.807, 2.05) is 45.0 Å². The topological polar surface area (TPSA) is 105 Å². The molecule has 1 aliphatic rings. The Morgan fingerprint density at radius 1 is 1.06 bits per heavy atom. The maximum atomic E-state index is 13.5. The third kappa shape index (κ3) is 6.19. The first-order valence-electron chi connectivity index (χ1n) is 11.0. The van der Waals surface area contributed by atoms with Gasteiger partial charge in [0.25, 0.3) is 0 Å². The molecule has 1 heterocycles. The Kier molecular flexibility index (Phi) is 7.71. The Bertz CT molecular complexity index is 1170. The van der Waals surface area contributed by atoms with Crippen LogP contribution in [0.4, 0.5) is 5.69 Å². The number of hydrogen-bond acceptors (Lipinski definition) is 6. The van der Waals surface area contributed by atoms with Gasteiger partial charge in [0, 0.05) is 18.7 Å². The summed E-state index contributed by atoms with van der Waals surface area (Å²) in [5.41, 5.74) is 2.13. The van der Waals surface area contributed by atoms with Gasteiger partial charge < -0.3 is 19.7 Å². The van der Waals surface area contributed by atoms with Crippen LogP contribution in [-0.4, -0.2) is 56.8 Å². The van der Waals surface area contributed by atoms with Crippen molar-refractivity contribution in [3.8, 4) is 11.5 Å². The van der Waals surface area contributed by atoms with Crippen LogP contribution in [0.25, 0.3) is 0 Å². The van der Waals surface area contributed by atoms with Crippen LogP contribution >= 0.6 is 0 Å². The number of nitrogens with zero attached hydrogens (tertiary/aromatic N) is 2. The number of carbonyl (C=O) groups excluding carboxylic acids is 2. The van der Waals surface area contributed by atoms with E-state index in [0.29, 0.717) is 11.5 Å². The largest absolute Gasteiger partial charge is 0.454 e. The predicted octanol–water partition coefficient (Wildman–Crippen LogP) is 2.43. The third-order valence-corrected chi connectivity index (χ3v) is 6.50. The summed E-state index contributed by atoms with van der Waals surface area (Å²) in [7, 11) is -3.82. The molecule has 0 spiro atoms. The van der Waals surface area contributed by atoms with Gasteiger partial charge in [-0.25, -0.2) is 8.42 Å². The number of sulfonamides is 1. The van der Waals surface area contributed by atoms with E-state index in [0.717, 1.165) is 21.7 Å². The summed E-state index contributed by atoms with van der Waals surface area (Å²) in [6.07, 6.45) is 1.03. The number of nitrogens with one attached hydrogen (secondary N) is 1. The molecule has 1 atom stereocenters. The maximum Gasteiger partial charge on any atom is 0.244 e. The molecule has 2 amide bonds. The first-order chi connectivity index (χ1) is 16.0. The molecule has 0 unspecified atom stereocenters. The highest BCUT2D eigenvalue weighted by molar-refractivity contribution is 7.92. The lowest BCUT2D eigenvalue weighted by Crippen LogP contribution is -2.52. The van der Waals surface area contributed by atoms with Crippen LogP contribution in [0.3, 0.4) is 0 Å². The summed E-state index contributed by atoms with van der Waals surface area (Å²) >= 11 is 0. The number of hydrogen-bond donors (Lipinski definition) is 1. The molecule has 2 aromatic carbocycles. The van der Waals surface area contributed by atoms with Gasteiger partial charge in [-0.1, -0.05) is 29.8 Å². The van der Waals surface area contributed by atoms with Crippen molar-refractivity contribution in [1.82, 2.24) is 10.2 Å². The summed E-state index contributed by atoms with van der Waals surface area (Å²) in [6.45, 7) is 6.98. The van der Waals surface area contributed by atoms with Gasteiger partial charge in [-0.15, -0.1) is 0 Å². The number of amides is 2. The van der Waals surface area contributed by atoms with Crippen molar-refractivity contribution >= 4 is 27.5 Å². The molecule has 1 aliphatic heterocycles. The molecule has 10 heteroatoms. The summed E-state index contributed by atoms with van der Waals surface area (Å²) in [5, 5.41) is 2.82. The first kappa shape index (κ1) is 25.4. The summed E-state index contributed by atoms with van der Waals surface area (Å²) in [5.74, 6) is 0.0875. The van der Waals surface area contributed by atoms with Gasteiger partial charge in [-0.2, -0.15) is 0 Å². The lowest BCUT2D eigenvalue weighted by molar-refractivity contribution is -0.139. The molecule has 9 nitrogen and oxygen atoms in total. The fraction of sp³-hybridized carbons (Fsp3) is 0.417. The fourth-order valence-electron chi connectivity index (χ4n) is 3.65. The normalized spacial score (nSPS) is 13.5. The van der Waals surface area contributed by atoms with E-state index in [4.69, 9.17) is 9.47 Å². The van der Waals surface area contributed by atoms with Gasteiger partial charge in [0.2, 0.25) is 28.6 Å². The first-order valence-corrected chi connectivity index (χ1v) is 12.8. The van der Waals surface area contributed by atoms with Crippen molar-refractivity contribution < 1.29 is 27.5 Å². The molecule has 184 valence electrons. The molecule has 0 aliphatic carbocycles. The number of fused-ring (bicyclic) bond motifs is 1. The van der Waals surface area contributed by atoms with Gasteiger partial charge in [-0.3, -0.25) is 13.9 Å². The average molecular weight is 490 g/mol. The number of ether oxygens (including phenoxy) is 2. The lowest BCUT2D eigenvalue weighted by atomic mass is 10.1. The number of carbonyl (C=O) groups is 2. The van der Waals surface area contributed by atoms with E-state index >= 15 is 0 Å². The average Bonchev–Trinajstić information content (AvgIpc) is 3.21. The Balaban J connectivity index is 1.91. The Labute approximate surface area is 200 Å². The molecule has 2 aromatic rings. The van der Waals surface area contributed by atoms with Crippen LogP contribution in [0.15, 0.2) is 42.5 Å². The van der Waals surface area contributed by atoms with Gasteiger partial charge in [0.15, 0.2) is 11.5 Å². The third-order valence-electron chi connectivity index (χ3n) is 5.36. The van der Waals surface area contributed by atoms with E-state index in [-0.39, 0.29) is 31.0 Å². The maximum absolute atomic E-state index is 13.5.